The number of aromatic nitrogens is 4. The first kappa shape index (κ1) is 18.6. The van der Waals surface area contributed by atoms with Gasteiger partial charge in [-0.3, -0.25) is 24.3 Å². The van der Waals surface area contributed by atoms with Crippen molar-refractivity contribution in [2.75, 3.05) is 7.05 Å². The largest absolute Gasteiger partial charge is 0.339 e. The van der Waals surface area contributed by atoms with Crippen molar-refractivity contribution in [1.29, 1.82) is 0 Å². The fraction of sp³-hybridized carbons (Fsp3) is 0.562. The van der Waals surface area contributed by atoms with Crippen LogP contribution in [0.5, 0.6) is 0 Å². The molecule has 25 heavy (non-hydrogen) atoms. The molecule has 2 heterocycles. The minimum Gasteiger partial charge on any atom is -0.339 e. The molecular formula is C16H24N6O3. The lowest BCUT2D eigenvalue weighted by Crippen LogP contribution is -2.33. The number of likely N-dealkylation sites (N-methyl/N-ethyl adjacent to an activating group) is 1. The fourth-order valence-electron chi connectivity index (χ4n) is 2.87. The summed E-state index contributed by atoms with van der Waals surface area (Å²) in [6, 6.07) is -0.626. The number of hydrogen-bond donors (Lipinski definition) is 0. The van der Waals surface area contributed by atoms with Crippen molar-refractivity contribution in [3.63, 3.8) is 0 Å². The van der Waals surface area contributed by atoms with Crippen LogP contribution in [0.1, 0.15) is 42.5 Å². The third-order valence-electron chi connectivity index (χ3n) is 4.44. The van der Waals surface area contributed by atoms with Gasteiger partial charge in [0.25, 0.3) is 0 Å². The maximum absolute atomic E-state index is 12.7. The molecule has 136 valence electrons. The van der Waals surface area contributed by atoms with Gasteiger partial charge in [-0.25, -0.2) is 0 Å². The smallest absolute Gasteiger partial charge is 0.309 e. The molecule has 0 aliphatic rings. The van der Waals surface area contributed by atoms with Crippen molar-refractivity contribution < 1.29 is 9.72 Å². The lowest BCUT2D eigenvalue weighted by atomic mass is 10.1. The second kappa shape index (κ2) is 7.04. The van der Waals surface area contributed by atoms with Crippen molar-refractivity contribution in [3.05, 3.63) is 39.0 Å². The van der Waals surface area contributed by atoms with Crippen LogP contribution in [0, 0.1) is 30.9 Å². The minimum absolute atomic E-state index is 0.0850. The van der Waals surface area contributed by atoms with E-state index in [2.05, 4.69) is 10.2 Å². The maximum atomic E-state index is 12.7. The van der Waals surface area contributed by atoms with Crippen molar-refractivity contribution in [2.24, 2.45) is 0 Å². The number of nitro groups is 1. The number of carbonyl (C=O) groups is 1. The monoisotopic (exact) mass is 348 g/mol. The predicted molar refractivity (Wildman–Crippen MR) is 92.2 cm³/mol. The summed E-state index contributed by atoms with van der Waals surface area (Å²) in [6.07, 6.45) is 1.30. The lowest BCUT2D eigenvalue weighted by Gasteiger charge is -2.21. The molecule has 0 fully saturated rings. The van der Waals surface area contributed by atoms with Crippen LogP contribution in [0.2, 0.25) is 0 Å². The first-order valence-corrected chi connectivity index (χ1v) is 8.15. The number of rotatable bonds is 6. The number of amides is 1. The van der Waals surface area contributed by atoms with Gasteiger partial charge in [0, 0.05) is 31.4 Å². The highest BCUT2D eigenvalue weighted by Crippen LogP contribution is 2.21. The van der Waals surface area contributed by atoms with E-state index in [-0.39, 0.29) is 11.6 Å². The van der Waals surface area contributed by atoms with Gasteiger partial charge in [-0.2, -0.15) is 10.2 Å². The Morgan fingerprint density at radius 2 is 1.96 bits per heavy atom. The van der Waals surface area contributed by atoms with E-state index >= 15 is 0 Å². The summed E-state index contributed by atoms with van der Waals surface area (Å²) in [5.74, 6) is -0.166. The van der Waals surface area contributed by atoms with Gasteiger partial charge in [-0.15, -0.1) is 0 Å². The Morgan fingerprint density at radius 3 is 2.44 bits per heavy atom. The molecule has 0 N–H and O–H groups in total. The maximum Gasteiger partial charge on any atom is 0.309 e. The highest BCUT2D eigenvalue weighted by Gasteiger charge is 2.25. The molecule has 2 rings (SSSR count). The van der Waals surface area contributed by atoms with Gasteiger partial charge in [0.05, 0.1) is 10.6 Å². The number of aryl methyl sites for hydroxylation is 3. The summed E-state index contributed by atoms with van der Waals surface area (Å²) < 4.78 is 3.26. The van der Waals surface area contributed by atoms with Gasteiger partial charge in [0.2, 0.25) is 5.91 Å². The Morgan fingerprint density at radius 1 is 1.32 bits per heavy atom. The Hall–Kier alpha value is -2.71. The normalized spacial score (nSPS) is 12.2. The van der Waals surface area contributed by atoms with Crippen LogP contribution in [-0.4, -0.2) is 42.3 Å². The summed E-state index contributed by atoms with van der Waals surface area (Å²) in [4.78, 5) is 24.8. The summed E-state index contributed by atoms with van der Waals surface area (Å²) in [7, 11) is 1.71. The minimum atomic E-state index is -0.626. The molecule has 0 radical (unpaired) electrons. The van der Waals surface area contributed by atoms with Gasteiger partial charge in [0.15, 0.2) is 0 Å². The Kier molecular flexibility index (Phi) is 5.24. The lowest BCUT2D eigenvalue weighted by molar-refractivity contribution is -0.385. The molecule has 0 bridgehead atoms. The van der Waals surface area contributed by atoms with Crippen LogP contribution in [-0.2, 0) is 17.9 Å². The fourth-order valence-corrected chi connectivity index (χ4v) is 2.87. The van der Waals surface area contributed by atoms with Crippen LogP contribution in [0.15, 0.2) is 6.20 Å². The summed E-state index contributed by atoms with van der Waals surface area (Å²) in [6.45, 7) is 10.4. The number of carbonyl (C=O) groups excluding carboxylic acids is 1. The molecule has 1 atom stereocenters. The van der Waals surface area contributed by atoms with E-state index in [0.29, 0.717) is 12.2 Å². The molecule has 9 heteroatoms. The van der Waals surface area contributed by atoms with Gasteiger partial charge in [-0.1, -0.05) is 0 Å². The zero-order valence-corrected chi connectivity index (χ0v) is 15.5. The zero-order valence-electron chi connectivity index (χ0n) is 15.5. The molecule has 1 amide bonds. The van der Waals surface area contributed by atoms with Gasteiger partial charge in [-0.05, 0) is 34.6 Å². The molecule has 0 aliphatic carbocycles. The van der Waals surface area contributed by atoms with E-state index in [1.54, 1.807) is 25.8 Å². The predicted octanol–water partition coefficient (Wildman–Crippen LogP) is 2.15. The molecule has 0 unspecified atom stereocenters. The van der Waals surface area contributed by atoms with Crippen LogP contribution >= 0.6 is 0 Å². The Bertz CT molecular complexity index is 807. The van der Waals surface area contributed by atoms with E-state index in [9.17, 15) is 14.9 Å². The number of nitrogens with zero attached hydrogens (tertiary/aromatic N) is 6. The topological polar surface area (TPSA) is 99.1 Å². The molecule has 2 aromatic rings. The van der Waals surface area contributed by atoms with Gasteiger partial charge >= 0.3 is 5.69 Å². The van der Waals surface area contributed by atoms with Crippen LogP contribution in [0.3, 0.4) is 0 Å². The second-order valence-corrected chi connectivity index (χ2v) is 6.17. The van der Waals surface area contributed by atoms with E-state index in [1.807, 2.05) is 25.5 Å². The molecule has 0 spiro atoms. The molecule has 0 aromatic carbocycles. The first-order chi connectivity index (χ1) is 11.7. The second-order valence-electron chi connectivity index (χ2n) is 6.17. The highest BCUT2D eigenvalue weighted by atomic mass is 16.6. The van der Waals surface area contributed by atoms with Crippen molar-refractivity contribution in [1.82, 2.24) is 24.5 Å². The van der Waals surface area contributed by atoms with E-state index in [0.717, 1.165) is 23.5 Å². The zero-order chi connectivity index (χ0) is 18.9. The Labute approximate surface area is 146 Å². The van der Waals surface area contributed by atoms with Crippen LogP contribution in [0.4, 0.5) is 5.69 Å². The highest BCUT2D eigenvalue weighted by molar-refractivity contribution is 5.79. The van der Waals surface area contributed by atoms with Crippen molar-refractivity contribution >= 4 is 11.6 Å². The van der Waals surface area contributed by atoms with E-state index < -0.39 is 11.0 Å². The summed E-state index contributed by atoms with van der Waals surface area (Å²) in [5, 5.41) is 19.5. The van der Waals surface area contributed by atoms with Crippen molar-refractivity contribution in [3.8, 4) is 0 Å². The van der Waals surface area contributed by atoms with Gasteiger partial charge in [0.1, 0.15) is 17.9 Å². The molecule has 0 aliphatic heterocycles. The molecule has 0 saturated heterocycles. The SMILES string of the molecule is CCn1nc(C)c(CN(C)C(=O)[C@@H](C)n2cc([N+](=O)[O-])c(C)n2)c1C. The van der Waals surface area contributed by atoms with Crippen LogP contribution in [0.25, 0.3) is 0 Å². The molecule has 9 nitrogen and oxygen atoms in total. The average molecular weight is 348 g/mol. The average Bonchev–Trinajstić information content (AvgIpc) is 3.08. The third kappa shape index (κ3) is 3.54. The third-order valence-corrected chi connectivity index (χ3v) is 4.44. The first-order valence-electron chi connectivity index (χ1n) is 8.15. The Balaban J connectivity index is 2.18. The molecule has 0 saturated carbocycles. The molecule has 2 aromatic heterocycles. The summed E-state index contributed by atoms with van der Waals surface area (Å²) in [5.41, 5.74) is 3.17. The van der Waals surface area contributed by atoms with Gasteiger partial charge < -0.3 is 4.90 Å². The standard InChI is InChI=1S/C16H24N6O3/c1-7-20-12(4)14(10(2)17-20)8-19(6)16(23)13(5)21-9-15(22(24)25)11(3)18-21/h9,13H,7-8H2,1-6H3/t13-/m1/s1. The summed E-state index contributed by atoms with van der Waals surface area (Å²) >= 11 is 0. The van der Waals surface area contributed by atoms with Crippen LogP contribution < -0.4 is 0 Å². The van der Waals surface area contributed by atoms with E-state index in [4.69, 9.17) is 0 Å². The van der Waals surface area contributed by atoms with E-state index in [1.165, 1.54) is 10.9 Å². The van der Waals surface area contributed by atoms with Crippen molar-refractivity contribution in [2.45, 2.75) is 53.8 Å². The quantitative estimate of drug-likeness (QED) is 0.588. The number of hydrogen-bond acceptors (Lipinski definition) is 5. The molecular weight excluding hydrogens is 324 g/mol.